The maximum atomic E-state index is 12.7. The SMILES string of the molecule is Cc1ccc(SC2=C(Cl)C(=O)C(Sc3ccc(C)cc3)=C(Cl)C2=O)cc1. The molecule has 0 radical (unpaired) electrons. The third-order valence-corrected chi connectivity index (χ3v) is 6.84. The van der Waals surface area contributed by atoms with Crippen LogP contribution in [0.3, 0.4) is 0 Å². The van der Waals surface area contributed by atoms with Gasteiger partial charge in [0.05, 0.1) is 9.81 Å². The summed E-state index contributed by atoms with van der Waals surface area (Å²) in [5, 5.41) is -0.167. The van der Waals surface area contributed by atoms with Gasteiger partial charge in [-0.25, -0.2) is 0 Å². The monoisotopic (exact) mass is 420 g/mol. The number of rotatable bonds is 4. The Morgan fingerprint density at radius 2 is 0.923 bits per heavy atom. The van der Waals surface area contributed by atoms with E-state index in [1.54, 1.807) is 0 Å². The number of allylic oxidation sites excluding steroid dienone is 4. The van der Waals surface area contributed by atoms with E-state index >= 15 is 0 Å². The maximum absolute atomic E-state index is 12.7. The van der Waals surface area contributed by atoms with Crippen LogP contribution in [0.1, 0.15) is 11.1 Å². The summed E-state index contributed by atoms with van der Waals surface area (Å²) < 4.78 is 0. The smallest absolute Gasteiger partial charge is 0.213 e. The summed E-state index contributed by atoms with van der Waals surface area (Å²) >= 11 is 14.8. The first-order valence-electron chi connectivity index (χ1n) is 7.75. The van der Waals surface area contributed by atoms with E-state index in [0.717, 1.165) is 44.4 Å². The van der Waals surface area contributed by atoms with Gasteiger partial charge in [0.2, 0.25) is 11.6 Å². The van der Waals surface area contributed by atoms with E-state index in [4.69, 9.17) is 23.2 Å². The van der Waals surface area contributed by atoms with E-state index in [-0.39, 0.29) is 19.9 Å². The quantitative estimate of drug-likeness (QED) is 0.548. The van der Waals surface area contributed by atoms with Crippen molar-refractivity contribution in [2.75, 3.05) is 0 Å². The molecule has 0 amide bonds. The Hall–Kier alpha value is -1.46. The standard InChI is InChI=1S/C20H14Cl2O2S2/c1-11-3-7-13(8-4-11)25-19-15(21)18(24)20(16(22)17(19)23)26-14-9-5-12(2)6-10-14/h3-10H,1-2H3. The minimum absolute atomic E-state index is 0.0837. The number of hydrogen-bond acceptors (Lipinski definition) is 4. The number of Topliss-reactive ketones (excluding diaryl/α,β-unsaturated/α-hetero) is 2. The molecule has 1 aliphatic carbocycles. The minimum atomic E-state index is -0.420. The van der Waals surface area contributed by atoms with Gasteiger partial charge in [0, 0.05) is 9.79 Å². The number of aryl methyl sites for hydroxylation is 2. The van der Waals surface area contributed by atoms with Crippen LogP contribution >= 0.6 is 46.7 Å². The molecule has 2 aromatic rings. The summed E-state index contributed by atoms with van der Waals surface area (Å²) in [6, 6.07) is 15.2. The molecule has 1 aliphatic rings. The molecular formula is C20H14Cl2O2S2. The van der Waals surface area contributed by atoms with Gasteiger partial charge in [-0.15, -0.1) is 0 Å². The Labute approximate surface area is 170 Å². The Morgan fingerprint density at radius 1 is 0.615 bits per heavy atom. The van der Waals surface area contributed by atoms with Crippen LogP contribution in [-0.2, 0) is 9.59 Å². The van der Waals surface area contributed by atoms with Crippen LogP contribution in [0, 0.1) is 13.8 Å². The second kappa shape index (κ2) is 8.05. The number of halogens is 2. The minimum Gasteiger partial charge on any atom is -0.287 e. The van der Waals surface area contributed by atoms with Gasteiger partial charge in [-0.1, -0.05) is 82.1 Å². The molecule has 0 saturated carbocycles. The lowest BCUT2D eigenvalue weighted by Crippen LogP contribution is -2.17. The van der Waals surface area contributed by atoms with Crippen molar-refractivity contribution in [2.45, 2.75) is 23.6 Å². The summed E-state index contributed by atoms with van der Waals surface area (Å²) in [6.45, 7) is 3.95. The second-order valence-electron chi connectivity index (χ2n) is 5.77. The summed E-state index contributed by atoms with van der Waals surface area (Å²) in [5.41, 5.74) is 2.21. The highest BCUT2D eigenvalue weighted by Crippen LogP contribution is 2.43. The number of hydrogen-bond donors (Lipinski definition) is 0. The van der Waals surface area contributed by atoms with E-state index < -0.39 is 11.6 Å². The van der Waals surface area contributed by atoms with Gasteiger partial charge in [-0.05, 0) is 38.1 Å². The molecule has 26 heavy (non-hydrogen) atoms. The molecule has 0 N–H and O–H groups in total. The van der Waals surface area contributed by atoms with Gasteiger partial charge < -0.3 is 0 Å². The number of thioether (sulfide) groups is 2. The van der Waals surface area contributed by atoms with Crippen LogP contribution in [0.15, 0.2) is 78.2 Å². The summed E-state index contributed by atoms with van der Waals surface area (Å²) in [7, 11) is 0. The van der Waals surface area contributed by atoms with Gasteiger partial charge in [-0.3, -0.25) is 9.59 Å². The van der Waals surface area contributed by atoms with Crippen molar-refractivity contribution in [3.63, 3.8) is 0 Å². The molecule has 0 heterocycles. The highest BCUT2D eigenvalue weighted by Gasteiger charge is 2.34. The third kappa shape index (κ3) is 4.09. The Bertz CT molecular complexity index is 863. The first-order chi connectivity index (χ1) is 12.4. The molecule has 0 bridgehead atoms. The van der Waals surface area contributed by atoms with Crippen molar-refractivity contribution < 1.29 is 9.59 Å². The molecule has 0 saturated heterocycles. The molecule has 0 aromatic heterocycles. The topological polar surface area (TPSA) is 34.1 Å². The molecule has 0 spiro atoms. The average Bonchev–Trinajstić information content (AvgIpc) is 2.64. The van der Waals surface area contributed by atoms with Crippen molar-refractivity contribution in [3.05, 3.63) is 79.5 Å². The number of carbonyl (C=O) groups is 2. The largest absolute Gasteiger partial charge is 0.287 e. The second-order valence-corrected chi connectivity index (χ2v) is 8.70. The molecule has 0 atom stereocenters. The lowest BCUT2D eigenvalue weighted by Gasteiger charge is -2.17. The maximum Gasteiger partial charge on any atom is 0.213 e. The van der Waals surface area contributed by atoms with Gasteiger partial charge in [0.15, 0.2) is 0 Å². The molecule has 132 valence electrons. The number of benzene rings is 2. The van der Waals surface area contributed by atoms with Crippen molar-refractivity contribution >= 4 is 58.3 Å². The van der Waals surface area contributed by atoms with Gasteiger partial charge >= 0.3 is 0 Å². The molecule has 2 nitrogen and oxygen atoms in total. The van der Waals surface area contributed by atoms with E-state index in [1.807, 2.05) is 62.4 Å². The third-order valence-electron chi connectivity index (χ3n) is 3.69. The summed E-state index contributed by atoms with van der Waals surface area (Å²) in [4.78, 5) is 27.4. The van der Waals surface area contributed by atoms with Crippen molar-refractivity contribution in [1.29, 1.82) is 0 Å². The molecule has 2 aromatic carbocycles. The zero-order valence-corrected chi connectivity index (χ0v) is 17.2. The Balaban J connectivity index is 1.88. The predicted molar refractivity (Wildman–Crippen MR) is 110 cm³/mol. The molecule has 0 aliphatic heterocycles. The van der Waals surface area contributed by atoms with Crippen molar-refractivity contribution in [2.24, 2.45) is 0 Å². The Morgan fingerprint density at radius 3 is 1.23 bits per heavy atom. The predicted octanol–water partition coefficient (Wildman–Crippen LogP) is 6.24. The van der Waals surface area contributed by atoms with Crippen LogP contribution < -0.4 is 0 Å². The summed E-state index contributed by atoms with van der Waals surface area (Å²) in [6.07, 6.45) is 0. The van der Waals surface area contributed by atoms with Crippen LogP contribution in [0.4, 0.5) is 0 Å². The van der Waals surface area contributed by atoms with E-state index in [9.17, 15) is 9.59 Å². The van der Waals surface area contributed by atoms with E-state index in [0.29, 0.717) is 0 Å². The zero-order chi connectivity index (χ0) is 18.8. The average molecular weight is 421 g/mol. The van der Waals surface area contributed by atoms with Crippen LogP contribution in [0.5, 0.6) is 0 Å². The summed E-state index contributed by atoms with van der Waals surface area (Å²) in [5.74, 6) is -0.840. The van der Waals surface area contributed by atoms with Gasteiger partial charge in [-0.2, -0.15) is 0 Å². The highest BCUT2D eigenvalue weighted by molar-refractivity contribution is 8.05. The van der Waals surface area contributed by atoms with Crippen molar-refractivity contribution in [3.8, 4) is 0 Å². The first kappa shape index (κ1) is 19.3. The fourth-order valence-corrected chi connectivity index (χ4v) is 4.71. The first-order valence-corrected chi connectivity index (χ1v) is 10.1. The van der Waals surface area contributed by atoms with Crippen molar-refractivity contribution in [1.82, 2.24) is 0 Å². The lowest BCUT2D eigenvalue weighted by molar-refractivity contribution is -0.114. The molecule has 6 heteroatoms. The van der Waals surface area contributed by atoms with E-state index in [2.05, 4.69) is 0 Å². The van der Waals surface area contributed by atoms with Crippen LogP contribution in [-0.4, -0.2) is 11.6 Å². The van der Waals surface area contributed by atoms with Gasteiger partial charge in [0.1, 0.15) is 10.1 Å². The molecule has 3 rings (SSSR count). The van der Waals surface area contributed by atoms with Crippen LogP contribution in [0.2, 0.25) is 0 Å². The Kier molecular flexibility index (Phi) is 5.98. The van der Waals surface area contributed by atoms with E-state index in [1.165, 1.54) is 0 Å². The fourth-order valence-electron chi connectivity index (χ4n) is 2.24. The lowest BCUT2D eigenvalue weighted by atomic mass is 10.1. The molecule has 0 fully saturated rings. The molecule has 0 unspecified atom stereocenters. The molecular weight excluding hydrogens is 407 g/mol. The van der Waals surface area contributed by atoms with Crippen LogP contribution in [0.25, 0.3) is 0 Å². The number of carbonyl (C=O) groups excluding carboxylic acids is 2. The highest BCUT2D eigenvalue weighted by atomic mass is 35.5. The number of ketones is 2. The zero-order valence-electron chi connectivity index (χ0n) is 14.0. The fraction of sp³-hybridized carbons (Fsp3) is 0.100. The normalized spacial score (nSPS) is 15.1. The van der Waals surface area contributed by atoms with Gasteiger partial charge in [0.25, 0.3) is 0 Å².